The summed E-state index contributed by atoms with van der Waals surface area (Å²) < 4.78 is 11.3. The van der Waals surface area contributed by atoms with Gasteiger partial charge in [-0.25, -0.2) is 0 Å². The zero-order valence-electron chi connectivity index (χ0n) is 8.47. The van der Waals surface area contributed by atoms with Crippen LogP contribution >= 0.6 is 0 Å². The van der Waals surface area contributed by atoms with Crippen LogP contribution in [0.4, 0.5) is 0 Å². The maximum absolute atomic E-state index is 9.04. The Morgan fingerprint density at radius 2 is 1.25 bits per heavy atom. The third-order valence-corrected chi connectivity index (χ3v) is 2.68. The summed E-state index contributed by atoms with van der Waals surface area (Å²) in [5.74, 6) is -0.840. The average Bonchev–Trinajstić information content (AvgIpc) is 1.99. The van der Waals surface area contributed by atoms with E-state index in [2.05, 4.69) is 0 Å². The third-order valence-electron chi connectivity index (χ3n) is 2.68. The molecule has 1 fully saturated rings. The van der Waals surface area contributed by atoms with Gasteiger partial charge in [0, 0.05) is 0 Å². The lowest BCUT2D eigenvalue weighted by Crippen LogP contribution is -2.41. The van der Waals surface area contributed by atoms with Gasteiger partial charge in [0.1, 0.15) is 0 Å². The van der Waals surface area contributed by atoms with Crippen LogP contribution in [0, 0.1) is 0 Å². The van der Waals surface area contributed by atoms with E-state index in [0.29, 0.717) is 0 Å². The van der Waals surface area contributed by atoms with E-state index < -0.39 is 5.79 Å². The summed E-state index contributed by atoms with van der Waals surface area (Å²) in [6.07, 6.45) is 0. The minimum absolute atomic E-state index is 0.111. The molecule has 1 heterocycles. The van der Waals surface area contributed by atoms with Crippen LogP contribution in [0.5, 0.6) is 0 Å². The van der Waals surface area contributed by atoms with Crippen LogP contribution in [0.15, 0.2) is 0 Å². The van der Waals surface area contributed by atoms with Crippen molar-refractivity contribution in [3.63, 3.8) is 0 Å². The van der Waals surface area contributed by atoms with Crippen molar-refractivity contribution in [3.8, 4) is 0 Å². The zero-order valence-corrected chi connectivity index (χ0v) is 8.47. The largest absolute Gasteiger partial charge is 0.391 e. The molecular weight excluding hydrogens is 156 g/mol. The molecule has 0 atom stereocenters. The van der Waals surface area contributed by atoms with Crippen LogP contribution in [0.2, 0.25) is 0 Å². The molecule has 1 aliphatic heterocycles. The highest BCUT2D eigenvalue weighted by molar-refractivity contribution is 4.97. The highest BCUT2D eigenvalue weighted by atomic mass is 16.8. The molecule has 1 saturated heterocycles. The van der Waals surface area contributed by atoms with Crippen LogP contribution in [-0.2, 0) is 9.47 Å². The molecule has 72 valence electrons. The molecule has 0 aliphatic carbocycles. The Morgan fingerprint density at radius 1 is 0.917 bits per heavy atom. The van der Waals surface area contributed by atoms with Crippen LogP contribution in [0.25, 0.3) is 0 Å². The van der Waals surface area contributed by atoms with Crippen molar-refractivity contribution in [1.29, 1.82) is 0 Å². The van der Waals surface area contributed by atoms with Gasteiger partial charge in [0.15, 0.2) is 5.79 Å². The quantitative estimate of drug-likeness (QED) is 0.651. The van der Waals surface area contributed by atoms with Gasteiger partial charge in [-0.2, -0.15) is 0 Å². The minimum Gasteiger partial charge on any atom is -0.391 e. The van der Waals surface area contributed by atoms with Gasteiger partial charge in [0.05, 0.1) is 17.8 Å². The van der Waals surface area contributed by atoms with Crippen LogP contribution in [0.1, 0.15) is 34.6 Å². The predicted molar refractivity (Wildman–Crippen MR) is 45.8 cm³/mol. The average molecular weight is 174 g/mol. The fourth-order valence-corrected chi connectivity index (χ4v) is 1.41. The molecule has 3 nitrogen and oxygen atoms in total. The molecule has 0 spiro atoms. The molecule has 1 rings (SSSR count). The SMILES string of the molecule is CC1(CO)OC(C)(C)C(C)(C)O1. The molecule has 0 unspecified atom stereocenters. The van der Waals surface area contributed by atoms with Crippen LogP contribution in [0.3, 0.4) is 0 Å². The topological polar surface area (TPSA) is 38.7 Å². The molecule has 1 aliphatic rings. The van der Waals surface area contributed by atoms with Gasteiger partial charge in [0.2, 0.25) is 0 Å². The summed E-state index contributed by atoms with van der Waals surface area (Å²) in [6, 6.07) is 0. The summed E-state index contributed by atoms with van der Waals surface area (Å²) in [5, 5.41) is 9.04. The number of aliphatic hydroxyl groups excluding tert-OH is 1. The van der Waals surface area contributed by atoms with E-state index in [1.54, 1.807) is 6.92 Å². The molecule has 1 N–H and O–H groups in total. The highest BCUT2D eigenvalue weighted by Gasteiger charge is 2.54. The predicted octanol–water partition coefficient (Wildman–Crippen LogP) is 1.30. The van der Waals surface area contributed by atoms with Gasteiger partial charge in [0.25, 0.3) is 0 Å². The molecule has 0 amide bonds. The Morgan fingerprint density at radius 3 is 1.42 bits per heavy atom. The molecule has 0 bridgehead atoms. The first-order chi connectivity index (χ1) is 5.22. The van der Waals surface area contributed by atoms with E-state index in [1.807, 2.05) is 27.7 Å². The maximum Gasteiger partial charge on any atom is 0.190 e. The van der Waals surface area contributed by atoms with Crippen molar-refractivity contribution in [2.45, 2.75) is 51.6 Å². The van der Waals surface area contributed by atoms with E-state index in [4.69, 9.17) is 14.6 Å². The summed E-state index contributed by atoms with van der Waals surface area (Å²) >= 11 is 0. The third kappa shape index (κ3) is 1.37. The van der Waals surface area contributed by atoms with Crippen molar-refractivity contribution in [1.82, 2.24) is 0 Å². The highest BCUT2D eigenvalue weighted by Crippen LogP contribution is 2.43. The summed E-state index contributed by atoms with van der Waals surface area (Å²) in [5.41, 5.74) is -0.713. The Labute approximate surface area is 73.7 Å². The number of hydrogen-bond acceptors (Lipinski definition) is 3. The van der Waals surface area contributed by atoms with E-state index in [-0.39, 0.29) is 17.8 Å². The van der Waals surface area contributed by atoms with E-state index in [0.717, 1.165) is 0 Å². The second-order valence-corrected chi connectivity index (χ2v) is 4.52. The van der Waals surface area contributed by atoms with Crippen molar-refractivity contribution in [3.05, 3.63) is 0 Å². The first-order valence-electron chi connectivity index (χ1n) is 4.24. The van der Waals surface area contributed by atoms with E-state index in [9.17, 15) is 0 Å². The minimum atomic E-state index is -0.840. The number of hydrogen-bond donors (Lipinski definition) is 1. The molecule has 0 aromatic carbocycles. The van der Waals surface area contributed by atoms with Crippen molar-refractivity contribution in [2.24, 2.45) is 0 Å². The molecule has 0 radical (unpaired) electrons. The molecule has 12 heavy (non-hydrogen) atoms. The van der Waals surface area contributed by atoms with Gasteiger partial charge in [-0.15, -0.1) is 0 Å². The molecular formula is C9H18O3. The van der Waals surface area contributed by atoms with Crippen molar-refractivity contribution < 1.29 is 14.6 Å². The fourth-order valence-electron chi connectivity index (χ4n) is 1.41. The molecule has 0 saturated carbocycles. The monoisotopic (exact) mass is 174 g/mol. The Hall–Kier alpha value is -0.120. The van der Waals surface area contributed by atoms with Gasteiger partial charge >= 0.3 is 0 Å². The first-order valence-corrected chi connectivity index (χ1v) is 4.24. The second kappa shape index (κ2) is 2.44. The zero-order chi connectivity index (χ0) is 9.62. The van der Waals surface area contributed by atoms with Gasteiger partial charge in [-0.05, 0) is 34.6 Å². The Balaban J connectivity index is 2.88. The van der Waals surface area contributed by atoms with Crippen LogP contribution < -0.4 is 0 Å². The Bertz CT molecular complexity index is 168. The summed E-state index contributed by atoms with van der Waals surface area (Å²) in [6.45, 7) is 9.51. The summed E-state index contributed by atoms with van der Waals surface area (Å²) in [4.78, 5) is 0. The standard InChI is InChI=1S/C9H18O3/c1-7(2)8(3,4)12-9(5,6-10)11-7/h10H,6H2,1-5H3. The van der Waals surface area contributed by atoms with Gasteiger partial charge < -0.3 is 14.6 Å². The van der Waals surface area contributed by atoms with Gasteiger partial charge in [-0.1, -0.05) is 0 Å². The van der Waals surface area contributed by atoms with Crippen LogP contribution in [-0.4, -0.2) is 28.7 Å². The van der Waals surface area contributed by atoms with Crippen molar-refractivity contribution >= 4 is 0 Å². The van der Waals surface area contributed by atoms with Crippen molar-refractivity contribution in [2.75, 3.05) is 6.61 Å². The molecule has 3 heteroatoms. The normalized spacial score (nSPS) is 30.5. The van der Waals surface area contributed by atoms with E-state index in [1.165, 1.54) is 0 Å². The fraction of sp³-hybridized carbons (Fsp3) is 1.00. The number of rotatable bonds is 1. The Kier molecular flexibility index (Phi) is 2.02. The van der Waals surface area contributed by atoms with E-state index >= 15 is 0 Å². The lowest BCUT2D eigenvalue weighted by molar-refractivity contribution is -0.199. The van der Waals surface area contributed by atoms with Gasteiger partial charge in [-0.3, -0.25) is 0 Å². The lowest BCUT2D eigenvalue weighted by atomic mass is 9.90. The number of ether oxygens (including phenoxy) is 2. The smallest absolute Gasteiger partial charge is 0.190 e. The maximum atomic E-state index is 9.04. The second-order valence-electron chi connectivity index (χ2n) is 4.52. The lowest BCUT2D eigenvalue weighted by Gasteiger charge is -2.30. The molecule has 0 aromatic rings. The molecule has 0 aromatic heterocycles. The number of aliphatic hydroxyl groups is 1. The summed E-state index contributed by atoms with van der Waals surface area (Å²) in [7, 11) is 0. The first kappa shape index (κ1) is 9.96.